The summed E-state index contributed by atoms with van der Waals surface area (Å²) < 4.78 is 28.4. The maximum atomic E-state index is 13.1. The average molecular weight is 1030 g/mol. The predicted octanol–water partition coefficient (Wildman–Crippen LogP) is 15.0. The van der Waals surface area contributed by atoms with Crippen LogP contribution in [-0.2, 0) is 42.9 Å². The van der Waals surface area contributed by atoms with Crippen molar-refractivity contribution in [1.82, 2.24) is 0 Å². The summed E-state index contributed by atoms with van der Waals surface area (Å²) in [6.45, 7) is 5.83. The molecule has 12 nitrogen and oxygen atoms in total. The minimum Gasteiger partial charge on any atom is -0.479 e. The van der Waals surface area contributed by atoms with Crippen LogP contribution >= 0.6 is 0 Å². The number of carboxylic acids is 1. The van der Waals surface area contributed by atoms with Crippen LogP contribution in [-0.4, -0.2) is 89.2 Å². The quantitative estimate of drug-likeness (QED) is 0.0228. The van der Waals surface area contributed by atoms with Crippen molar-refractivity contribution < 1.29 is 58.2 Å². The number of allylic oxidation sites excluding steroid dienone is 8. The van der Waals surface area contributed by atoms with Gasteiger partial charge in [-0.3, -0.25) is 14.4 Å². The van der Waals surface area contributed by atoms with Gasteiger partial charge in [0.15, 0.2) is 24.6 Å². The zero-order chi connectivity index (χ0) is 53.3. The average Bonchev–Trinajstić information content (AvgIpc) is 3.37. The molecule has 6 unspecified atom stereocenters. The molecular weight excluding hydrogens is 925 g/mol. The van der Waals surface area contributed by atoms with Crippen LogP contribution in [0.25, 0.3) is 0 Å². The Morgan fingerprint density at radius 3 is 1.37 bits per heavy atom. The van der Waals surface area contributed by atoms with E-state index in [1.165, 1.54) is 89.9 Å². The molecule has 12 heteroatoms. The van der Waals surface area contributed by atoms with Gasteiger partial charge in [0.2, 0.25) is 0 Å². The van der Waals surface area contributed by atoms with Crippen LogP contribution in [0.1, 0.15) is 265 Å². The Morgan fingerprint density at radius 2 is 0.877 bits per heavy atom. The Hall–Kier alpha value is -3.32. The van der Waals surface area contributed by atoms with Crippen molar-refractivity contribution >= 4 is 23.9 Å². The third kappa shape index (κ3) is 39.7. The molecule has 6 atom stereocenters. The molecule has 0 saturated carbocycles. The zero-order valence-electron chi connectivity index (χ0n) is 46.4. The maximum Gasteiger partial charge on any atom is 0.335 e. The summed E-state index contributed by atoms with van der Waals surface area (Å²) in [7, 11) is 0. The lowest BCUT2D eigenvalue weighted by Crippen LogP contribution is -2.61. The van der Waals surface area contributed by atoms with Gasteiger partial charge in [-0.05, 0) is 70.6 Å². The molecule has 0 radical (unpaired) electrons. The molecule has 0 aromatic heterocycles. The Kier molecular flexibility index (Phi) is 45.9. The monoisotopic (exact) mass is 1030 g/mol. The van der Waals surface area contributed by atoms with E-state index in [1.807, 2.05) is 0 Å². The first-order valence-electron chi connectivity index (χ1n) is 29.6. The Bertz CT molecular complexity index is 1460. The van der Waals surface area contributed by atoms with E-state index in [4.69, 9.17) is 23.7 Å². The number of hydrogen-bond acceptors (Lipinski definition) is 11. The van der Waals surface area contributed by atoms with Gasteiger partial charge in [-0.15, -0.1) is 0 Å². The summed E-state index contributed by atoms with van der Waals surface area (Å²) in [6.07, 6.45) is 46.6. The van der Waals surface area contributed by atoms with Gasteiger partial charge in [-0.25, -0.2) is 4.79 Å². The number of hydrogen-bond donors (Lipinski definition) is 3. The third-order valence-electron chi connectivity index (χ3n) is 13.4. The predicted molar refractivity (Wildman–Crippen MR) is 294 cm³/mol. The van der Waals surface area contributed by atoms with E-state index in [0.717, 1.165) is 116 Å². The normalized spacial score (nSPS) is 18.6. The fraction of sp³-hybridized carbons (Fsp3) is 0.803. The van der Waals surface area contributed by atoms with E-state index < -0.39 is 67.3 Å². The molecule has 1 fully saturated rings. The van der Waals surface area contributed by atoms with Gasteiger partial charge in [0, 0.05) is 19.3 Å². The van der Waals surface area contributed by atoms with Crippen molar-refractivity contribution in [1.29, 1.82) is 0 Å². The van der Waals surface area contributed by atoms with Crippen LogP contribution < -0.4 is 0 Å². The molecule has 0 aliphatic carbocycles. The highest BCUT2D eigenvalue weighted by atomic mass is 16.7. The van der Waals surface area contributed by atoms with Crippen molar-refractivity contribution in [2.24, 2.45) is 0 Å². The van der Waals surface area contributed by atoms with E-state index in [2.05, 4.69) is 69.4 Å². The molecule has 0 bridgehead atoms. The van der Waals surface area contributed by atoms with Crippen molar-refractivity contribution in [2.75, 3.05) is 13.2 Å². The molecular formula is C61H106O12. The Morgan fingerprint density at radius 1 is 0.466 bits per heavy atom. The number of unbranched alkanes of at least 4 members (excludes halogenated alkanes) is 28. The lowest BCUT2D eigenvalue weighted by Gasteiger charge is -2.40. The first-order valence-corrected chi connectivity index (χ1v) is 29.6. The Balaban J connectivity index is 2.67. The first-order chi connectivity index (χ1) is 35.6. The summed E-state index contributed by atoms with van der Waals surface area (Å²) in [4.78, 5) is 51.0. The highest BCUT2D eigenvalue weighted by Gasteiger charge is 2.50. The van der Waals surface area contributed by atoms with E-state index in [0.29, 0.717) is 19.3 Å². The van der Waals surface area contributed by atoms with Crippen LogP contribution in [0.15, 0.2) is 48.6 Å². The number of aliphatic hydroxyl groups excluding tert-OH is 2. The molecule has 0 amide bonds. The number of ether oxygens (including phenoxy) is 5. The van der Waals surface area contributed by atoms with Gasteiger partial charge in [0.1, 0.15) is 18.8 Å². The lowest BCUT2D eigenvalue weighted by molar-refractivity contribution is -0.301. The van der Waals surface area contributed by atoms with Crippen LogP contribution in [0.5, 0.6) is 0 Å². The summed E-state index contributed by atoms with van der Waals surface area (Å²) in [5, 5.41) is 31.5. The van der Waals surface area contributed by atoms with E-state index in [1.54, 1.807) is 0 Å². The van der Waals surface area contributed by atoms with E-state index in [9.17, 15) is 34.5 Å². The smallest absolute Gasteiger partial charge is 0.335 e. The minimum absolute atomic E-state index is 0.0619. The largest absolute Gasteiger partial charge is 0.479 e. The van der Waals surface area contributed by atoms with Crippen molar-refractivity contribution in [3.8, 4) is 0 Å². The summed E-state index contributed by atoms with van der Waals surface area (Å²) in [6, 6.07) is 0. The van der Waals surface area contributed by atoms with Gasteiger partial charge in [0.05, 0.1) is 6.61 Å². The van der Waals surface area contributed by atoms with Gasteiger partial charge in [-0.2, -0.15) is 0 Å². The number of aliphatic carboxylic acids is 1. The van der Waals surface area contributed by atoms with Crippen LogP contribution in [0.4, 0.5) is 0 Å². The second-order valence-corrected chi connectivity index (χ2v) is 20.3. The number of rotatable bonds is 50. The fourth-order valence-electron chi connectivity index (χ4n) is 8.83. The SMILES string of the molecule is CC/C=C\C/C=C\C/C=C\CCCCCCCC(=O)OCC(COC1OC(C(=O)O)C(O)C(O)C1OC(=O)CCCCCCCCCCCCCCCCCCC)OC(=O)CCCCCCC/C=C\CCCC. The van der Waals surface area contributed by atoms with Crippen LogP contribution in [0, 0.1) is 0 Å². The molecule has 422 valence electrons. The summed E-state index contributed by atoms with van der Waals surface area (Å²) in [5.41, 5.74) is 0. The molecule has 1 aliphatic rings. The summed E-state index contributed by atoms with van der Waals surface area (Å²) in [5.74, 6) is -3.14. The van der Waals surface area contributed by atoms with E-state index in [-0.39, 0.29) is 25.9 Å². The molecule has 0 spiro atoms. The highest BCUT2D eigenvalue weighted by molar-refractivity contribution is 5.74. The molecule has 1 saturated heterocycles. The highest BCUT2D eigenvalue weighted by Crippen LogP contribution is 2.26. The molecule has 3 N–H and O–H groups in total. The second-order valence-electron chi connectivity index (χ2n) is 20.3. The lowest BCUT2D eigenvalue weighted by atomic mass is 9.98. The number of aliphatic hydroxyl groups is 2. The van der Waals surface area contributed by atoms with Crippen molar-refractivity contribution in [2.45, 2.75) is 302 Å². The molecule has 0 aromatic rings. The van der Waals surface area contributed by atoms with Crippen molar-refractivity contribution in [3.63, 3.8) is 0 Å². The third-order valence-corrected chi connectivity index (χ3v) is 13.4. The standard InChI is InChI=1S/C61H106O12/c1-4-7-10-13-16-19-22-24-26-27-29-31-34-37-40-43-46-49-55(64)72-59-57(66)56(65)58(60(67)68)73-61(59)70-51-52(71-54(63)48-45-42-39-36-32-21-18-15-12-9-6-3)50-69-53(62)47-44-41-38-35-33-30-28-25-23-20-17-14-11-8-5-2/h8,11,15,17-18,20,25,28,52,56-59,61,65-66H,4-7,9-10,12-14,16,19,21-24,26-27,29-51H2,1-3H3,(H,67,68)/b11-8-,18-15-,20-17-,28-25-. The maximum absolute atomic E-state index is 13.1. The van der Waals surface area contributed by atoms with Crippen LogP contribution in [0.2, 0.25) is 0 Å². The van der Waals surface area contributed by atoms with Gasteiger partial charge >= 0.3 is 23.9 Å². The molecule has 73 heavy (non-hydrogen) atoms. The number of carboxylic acid groups (broad SMARTS) is 1. The van der Waals surface area contributed by atoms with E-state index >= 15 is 0 Å². The fourth-order valence-corrected chi connectivity index (χ4v) is 8.83. The number of carbonyl (C=O) groups is 4. The van der Waals surface area contributed by atoms with Crippen LogP contribution in [0.3, 0.4) is 0 Å². The van der Waals surface area contributed by atoms with Gasteiger partial charge < -0.3 is 39.0 Å². The Labute approximate surface area is 443 Å². The molecule has 1 aliphatic heterocycles. The number of esters is 3. The first kappa shape index (κ1) is 67.7. The van der Waals surface area contributed by atoms with Gasteiger partial charge in [-0.1, -0.05) is 223 Å². The number of carbonyl (C=O) groups excluding carboxylic acids is 3. The summed E-state index contributed by atoms with van der Waals surface area (Å²) >= 11 is 0. The second kappa shape index (κ2) is 49.6. The topological polar surface area (TPSA) is 175 Å². The van der Waals surface area contributed by atoms with Crippen molar-refractivity contribution in [3.05, 3.63) is 48.6 Å². The molecule has 1 heterocycles. The molecule has 1 rings (SSSR count). The van der Waals surface area contributed by atoms with Gasteiger partial charge in [0.25, 0.3) is 0 Å². The minimum atomic E-state index is -1.90. The molecule has 0 aromatic carbocycles. The zero-order valence-corrected chi connectivity index (χ0v) is 46.4.